The van der Waals surface area contributed by atoms with Crippen molar-refractivity contribution in [1.29, 1.82) is 0 Å². The molecule has 0 amide bonds. The van der Waals surface area contributed by atoms with E-state index in [1.54, 1.807) is 0 Å². The molecule has 28 heavy (non-hydrogen) atoms. The molecular weight excluding hydrogens is 421 g/mol. The standard InChI is InChI=1S/C12H14O13.3Na.3H/c13-5(14)1-11(24,2-6(15)16)10(23)25-12(9(21)22,3-7(17)18)4-8(19)20;;;;;;/h24H,1-4H2,(H,13,14)(H,15,16)(H,17,18)(H,19,20)(H,21,22);;;;;;. The van der Waals surface area contributed by atoms with Crippen LogP contribution in [0.25, 0.3) is 0 Å². The summed E-state index contributed by atoms with van der Waals surface area (Å²) in [5.41, 5.74) is -6.42. The number of aliphatic hydroxyl groups is 1. The normalized spacial score (nSPS) is 10.2. The summed E-state index contributed by atoms with van der Waals surface area (Å²) in [7, 11) is 0. The molecule has 0 saturated carbocycles. The van der Waals surface area contributed by atoms with Gasteiger partial charge < -0.3 is 35.4 Å². The van der Waals surface area contributed by atoms with E-state index >= 15 is 0 Å². The monoisotopic (exact) mass is 438 g/mol. The molecule has 0 bridgehead atoms. The van der Waals surface area contributed by atoms with E-state index in [9.17, 15) is 33.9 Å². The number of carbonyl (C=O) groups excluding carboxylic acids is 1. The van der Waals surface area contributed by atoms with Gasteiger partial charge in [0.05, 0.1) is 25.7 Å². The molecule has 0 aromatic heterocycles. The van der Waals surface area contributed by atoms with Crippen LogP contribution >= 0.6 is 0 Å². The van der Waals surface area contributed by atoms with Crippen molar-refractivity contribution in [3.63, 3.8) is 0 Å². The predicted octanol–water partition coefficient (Wildman–Crippen LogP) is -3.96. The third-order valence-electron chi connectivity index (χ3n) is 2.82. The molecule has 0 heterocycles. The SMILES string of the molecule is O=C(O)CC(O)(CC(=O)O)C(=O)OC(CC(=O)O)(CC(=O)O)C(=O)O.[NaH].[NaH].[NaH]. The van der Waals surface area contributed by atoms with Gasteiger partial charge in [0.25, 0.3) is 0 Å². The van der Waals surface area contributed by atoms with Gasteiger partial charge in [-0.2, -0.15) is 0 Å². The van der Waals surface area contributed by atoms with Gasteiger partial charge in [-0.3, -0.25) is 19.2 Å². The van der Waals surface area contributed by atoms with E-state index < -0.39 is 72.7 Å². The number of carbonyl (C=O) groups is 6. The maximum absolute atomic E-state index is 12.0. The van der Waals surface area contributed by atoms with Gasteiger partial charge in [0.15, 0.2) is 5.60 Å². The van der Waals surface area contributed by atoms with Crippen LogP contribution in [0.1, 0.15) is 25.7 Å². The molecule has 0 saturated heterocycles. The van der Waals surface area contributed by atoms with Gasteiger partial charge in [-0.25, -0.2) is 9.59 Å². The van der Waals surface area contributed by atoms with E-state index in [1.165, 1.54) is 0 Å². The Kier molecular flexibility index (Phi) is 18.5. The topological polar surface area (TPSA) is 233 Å². The molecule has 0 aromatic rings. The molecule has 0 rings (SSSR count). The van der Waals surface area contributed by atoms with Crippen LogP contribution in [-0.4, -0.2) is 166 Å². The van der Waals surface area contributed by atoms with Crippen LogP contribution in [0.3, 0.4) is 0 Å². The molecule has 0 aromatic carbocycles. The van der Waals surface area contributed by atoms with Crippen molar-refractivity contribution in [2.75, 3.05) is 0 Å². The fourth-order valence-electron chi connectivity index (χ4n) is 1.80. The molecular formula is C12H17Na3O13. The third-order valence-corrected chi connectivity index (χ3v) is 2.82. The summed E-state index contributed by atoms with van der Waals surface area (Å²) in [5, 5.41) is 53.7. The average Bonchev–Trinajstić information content (AvgIpc) is 2.34. The Labute approximate surface area is 223 Å². The van der Waals surface area contributed by atoms with Crippen molar-refractivity contribution in [3.8, 4) is 0 Å². The predicted molar refractivity (Wildman–Crippen MR) is 91.9 cm³/mol. The average molecular weight is 438 g/mol. The zero-order valence-electron chi connectivity index (χ0n) is 12.4. The van der Waals surface area contributed by atoms with Crippen LogP contribution < -0.4 is 0 Å². The van der Waals surface area contributed by atoms with Crippen LogP contribution in [0.15, 0.2) is 0 Å². The van der Waals surface area contributed by atoms with Crippen LogP contribution in [0, 0.1) is 0 Å². The van der Waals surface area contributed by atoms with Gasteiger partial charge in [-0.1, -0.05) is 0 Å². The minimum atomic E-state index is -3.24. The number of aliphatic carboxylic acids is 5. The molecule has 13 nitrogen and oxygen atoms in total. The van der Waals surface area contributed by atoms with Gasteiger partial charge in [-0.05, 0) is 0 Å². The fraction of sp³-hybridized carbons (Fsp3) is 0.500. The Hall–Kier alpha value is -0.220. The summed E-state index contributed by atoms with van der Waals surface area (Å²) < 4.78 is 4.31. The minimum absolute atomic E-state index is 0. The molecule has 0 spiro atoms. The maximum atomic E-state index is 12.0. The number of esters is 1. The van der Waals surface area contributed by atoms with E-state index in [4.69, 9.17) is 25.5 Å². The Bertz CT molecular complexity index is 586. The number of ether oxygens (including phenoxy) is 1. The molecule has 0 fully saturated rings. The summed E-state index contributed by atoms with van der Waals surface area (Å²) in [6, 6.07) is 0. The van der Waals surface area contributed by atoms with Crippen molar-refractivity contribution < 1.29 is 64.1 Å². The summed E-state index contributed by atoms with van der Waals surface area (Å²) in [6.07, 6.45) is -6.07. The molecule has 6 N–H and O–H groups in total. The van der Waals surface area contributed by atoms with Crippen LogP contribution in [0.4, 0.5) is 0 Å². The summed E-state index contributed by atoms with van der Waals surface area (Å²) >= 11 is 0. The summed E-state index contributed by atoms with van der Waals surface area (Å²) in [5.74, 6) is -11.7. The number of rotatable bonds is 11. The van der Waals surface area contributed by atoms with E-state index in [-0.39, 0.29) is 88.7 Å². The first-order valence-corrected chi connectivity index (χ1v) is 6.30. The Morgan fingerprint density at radius 1 is 0.607 bits per heavy atom. The number of carboxylic acid groups (broad SMARTS) is 5. The molecule has 0 atom stereocenters. The molecule has 0 aliphatic heterocycles. The molecule has 0 radical (unpaired) electrons. The van der Waals surface area contributed by atoms with E-state index in [0.717, 1.165) is 0 Å². The van der Waals surface area contributed by atoms with Crippen molar-refractivity contribution in [2.24, 2.45) is 0 Å². The molecule has 0 aliphatic rings. The summed E-state index contributed by atoms with van der Waals surface area (Å²) in [6.45, 7) is 0. The Morgan fingerprint density at radius 3 is 1.11 bits per heavy atom. The first-order chi connectivity index (χ1) is 11.2. The number of hydrogen-bond donors (Lipinski definition) is 6. The van der Waals surface area contributed by atoms with Crippen LogP contribution in [0.2, 0.25) is 0 Å². The first kappa shape index (κ1) is 35.2. The van der Waals surface area contributed by atoms with Crippen molar-refractivity contribution >= 4 is 124 Å². The second-order valence-corrected chi connectivity index (χ2v) is 5.00. The molecule has 0 unspecified atom stereocenters. The Morgan fingerprint density at radius 2 is 0.893 bits per heavy atom. The zero-order valence-corrected chi connectivity index (χ0v) is 12.4. The Balaban J connectivity index is -0.000000960. The first-order valence-electron chi connectivity index (χ1n) is 6.30. The molecule has 146 valence electrons. The molecule has 0 aliphatic carbocycles. The number of carboxylic acids is 5. The van der Waals surface area contributed by atoms with E-state index in [2.05, 4.69) is 4.74 Å². The zero-order chi connectivity index (χ0) is 20.0. The van der Waals surface area contributed by atoms with Crippen molar-refractivity contribution in [1.82, 2.24) is 0 Å². The van der Waals surface area contributed by atoms with Crippen LogP contribution in [0.5, 0.6) is 0 Å². The van der Waals surface area contributed by atoms with Crippen molar-refractivity contribution in [2.45, 2.75) is 36.9 Å². The van der Waals surface area contributed by atoms with Gasteiger partial charge in [-0.15, -0.1) is 0 Å². The van der Waals surface area contributed by atoms with Crippen molar-refractivity contribution in [3.05, 3.63) is 0 Å². The van der Waals surface area contributed by atoms with Gasteiger partial charge in [0.2, 0.25) is 5.60 Å². The van der Waals surface area contributed by atoms with Gasteiger partial charge >= 0.3 is 124 Å². The number of hydrogen-bond acceptors (Lipinski definition) is 8. The molecule has 16 heteroatoms. The van der Waals surface area contributed by atoms with Gasteiger partial charge in [0, 0.05) is 0 Å². The van der Waals surface area contributed by atoms with Gasteiger partial charge in [0.1, 0.15) is 0 Å². The third kappa shape index (κ3) is 11.7. The second-order valence-electron chi connectivity index (χ2n) is 5.00. The fourth-order valence-corrected chi connectivity index (χ4v) is 1.80. The second kappa shape index (κ2) is 14.7. The quantitative estimate of drug-likeness (QED) is 0.134. The van der Waals surface area contributed by atoms with E-state index in [1.807, 2.05) is 0 Å². The summed E-state index contributed by atoms with van der Waals surface area (Å²) in [4.78, 5) is 66.2. The van der Waals surface area contributed by atoms with E-state index in [0.29, 0.717) is 0 Å². The van der Waals surface area contributed by atoms with Crippen LogP contribution in [-0.2, 0) is 33.5 Å².